The van der Waals surface area contributed by atoms with Crippen molar-refractivity contribution in [2.24, 2.45) is 5.10 Å². The number of nitrogens with zero attached hydrogens (tertiary/aromatic N) is 2. The van der Waals surface area contributed by atoms with E-state index in [9.17, 15) is 22.8 Å². The van der Waals surface area contributed by atoms with Gasteiger partial charge in [-0.15, -0.1) is 0 Å². The number of amides is 2. The fourth-order valence-corrected chi connectivity index (χ4v) is 2.17. The Hall–Kier alpha value is -2.38. The van der Waals surface area contributed by atoms with Crippen molar-refractivity contribution in [1.82, 2.24) is 10.3 Å². The molecule has 0 fully saturated rings. The van der Waals surface area contributed by atoms with Crippen LogP contribution in [-0.4, -0.2) is 41.8 Å². The van der Waals surface area contributed by atoms with Gasteiger partial charge in [-0.2, -0.15) is 18.3 Å². The predicted molar refractivity (Wildman–Crippen MR) is 77.6 cm³/mol. The zero-order valence-corrected chi connectivity index (χ0v) is 12.4. The predicted octanol–water partition coefficient (Wildman–Crippen LogP) is 1.88. The van der Waals surface area contributed by atoms with Crippen LogP contribution in [0.25, 0.3) is 0 Å². The van der Waals surface area contributed by atoms with Crippen molar-refractivity contribution in [1.29, 1.82) is 0 Å². The fraction of sp³-hybridized carbons (Fsp3) is 0.400. The summed E-state index contributed by atoms with van der Waals surface area (Å²) < 4.78 is 39.5. The van der Waals surface area contributed by atoms with E-state index in [1.807, 2.05) is 5.32 Å². The van der Waals surface area contributed by atoms with Gasteiger partial charge in [0.15, 0.2) is 0 Å². The van der Waals surface area contributed by atoms with Gasteiger partial charge in [0.05, 0.1) is 0 Å². The van der Waals surface area contributed by atoms with Crippen LogP contribution in [0.3, 0.4) is 0 Å². The van der Waals surface area contributed by atoms with Gasteiger partial charge in [-0.1, -0.05) is 30.3 Å². The third-order valence-corrected chi connectivity index (χ3v) is 3.45. The smallest absolute Gasteiger partial charge is 0.339 e. The molecule has 2 amide bonds. The topological polar surface area (TPSA) is 61.8 Å². The van der Waals surface area contributed by atoms with Gasteiger partial charge in [-0.25, -0.2) is 5.01 Å². The third-order valence-electron chi connectivity index (χ3n) is 3.45. The van der Waals surface area contributed by atoms with E-state index >= 15 is 0 Å². The molecule has 0 aromatic heterocycles. The molecule has 8 heteroatoms. The molecule has 1 aliphatic heterocycles. The van der Waals surface area contributed by atoms with Crippen molar-refractivity contribution in [3.05, 3.63) is 35.9 Å². The lowest BCUT2D eigenvalue weighted by Gasteiger charge is -2.24. The van der Waals surface area contributed by atoms with E-state index in [2.05, 4.69) is 5.10 Å². The number of nitrogens with one attached hydrogen (secondary N) is 1. The zero-order valence-electron chi connectivity index (χ0n) is 12.4. The van der Waals surface area contributed by atoms with Gasteiger partial charge in [0, 0.05) is 26.3 Å². The SMILES string of the molecule is CN1N=C(C(=O)NC(Cc2ccccc2)C(F)(F)F)CCC1=O. The molecule has 0 bridgehead atoms. The summed E-state index contributed by atoms with van der Waals surface area (Å²) >= 11 is 0. The highest BCUT2D eigenvalue weighted by molar-refractivity contribution is 6.39. The lowest BCUT2D eigenvalue weighted by Crippen LogP contribution is -2.50. The first-order chi connectivity index (χ1) is 10.8. The number of carbonyl (C=O) groups excluding carboxylic acids is 2. The van der Waals surface area contributed by atoms with E-state index < -0.39 is 18.1 Å². The van der Waals surface area contributed by atoms with E-state index in [1.165, 1.54) is 7.05 Å². The molecule has 0 saturated heterocycles. The molecule has 1 aromatic rings. The quantitative estimate of drug-likeness (QED) is 0.918. The summed E-state index contributed by atoms with van der Waals surface area (Å²) in [6.07, 6.45) is -4.86. The average molecular weight is 327 g/mol. The Bertz CT molecular complexity index is 614. The fourth-order valence-electron chi connectivity index (χ4n) is 2.17. The van der Waals surface area contributed by atoms with Crippen molar-refractivity contribution in [2.45, 2.75) is 31.5 Å². The Labute approximate surface area is 131 Å². The molecule has 1 N–H and O–H groups in total. The first kappa shape index (κ1) is 17.0. The minimum absolute atomic E-state index is 0.0327. The number of alkyl halides is 3. The van der Waals surface area contributed by atoms with Gasteiger partial charge in [0.25, 0.3) is 5.91 Å². The van der Waals surface area contributed by atoms with Gasteiger partial charge in [-0.05, 0) is 5.56 Å². The van der Waals surface area contributed by atoms with Crippen LogP contribution >= 0.6 is 0 Å². The van der Waals surface area contributed by atoms with Crippen LogP contribution in [-0.2, 0) is 16.0 Å². The summed E-state index contributed by atoms with van der Waals surface area (Å²) in [5, 5.41) is 6.67. The molecule has 2 rings (SSSR count). The number of rotatable bonds is 4. The molecule has 124 valence electrons. The Morgan fingerprint density at radius 3 is 2.52 bits per heavy atom. The van der Waals surface area contributed by atoms with E-state index in [0.717, 1.165) is 5.01 Å². The largest absolute Gasteiger partial charge is 0.408 e. The number of halogens is 3. The van der Waals surface area contributed by atoms with Gasteiger partial charge in [0.2, 0.25) is 5.91 Å². The average Bonchev–Trinajstić information content (AvgIpc) is 2.49. The van der Waals surface area contributed by atoms with Crippen molar-refractivity contribution >= 4 is 17.5 Å². The van der Waals surface area contributed by atoms with Crippen LogP contribution in [0.15, 0.2) is 35.4 Å². The second kappa shape index (κ2) is 6.80. The Balaban J connectivity index is 2.10. The molecule has 0 saturated carbocycles. The standard InChI is InChI=1S/C15H16F3N3O2/c1-21-13(22)8-7-11(20-21)14(23)19-12(15(16,17)18)9-10-5-3-2-4-6-10/h2-6,12H,7-9H2,1H3,(H,19,23). The molecule has 1 unspecified atom stereocenters. The van der Waals surface area contributed by atoms with Gasteiger partial charge >= 0.3 is 6.18 Å². The van der Waals surface area contributed by atoms with Crippen LogP contribution < -0.4 is 5.32 Å². The molecule has 1 aliphatic rings. The molecule has 5 nitrogen and oxygen atoms in total. The van der Waals surface area contributed by atoms with Gasteiger partial charge in [-0.3, -0.25) is 9.59 Å². The summed E-state index contributed by atoms with van der Waals surface area (Å²) in [7, 11) is 1.36. The molecule has 1 aromatic carbocycles. The highest BCUT2D eigenvalue weighted by Crippen LogP contribution is 2.23. The number of hydrogen-bond donors (Lipinski definition) is 1. The monoisotopic (exact) mass is 327 g/mol. The minimum atomic E-state index is -4.58. The number of benzene rings is 1. The summed E-state index contributed by atoms with van der Waals surface area (Å²) in [5.74, 6) is -1.18. The molecular formula is C15H16F3N3O2. The Kier molecular flexibility index (Phi) is 5.02. The number of hydrogen-bond acceptors (Lipinski definition) is 3. The van der Waals surface area contributed by atoms with E-state index in [1.54, 1.807) is 30.3 Å². The van der Waals surface area contributed by atoms with Crippen molar-refractivity contribution in [2.75, 3.05) is 7.05 Å². The van der Waals surface area contributed by atoms with Crippen molar-refractivity contribution in [3.63, 3.8) is 0 Å². The molecule has 0 spiro atoms. The van der Waals surface area contributed by atoms with Gasteiger partial charge in [0.1, 0.15) is 11.8 Å². The van der Waals surface area contributed by atoms with Crippen LogP contribution in [0.2, 0.25) is 0 Å². The minimum Gasteiger partial charge on any atom is -0.339 e. The number of carbonyl (C=O) groups is 2. The molecule has 1 heterocycles. The van der Waals surface area contributed by atoms with E-state index in [4.69, 9.17) is 0 Å². The van der Waals surface area contributed by atoms with Crippen LogP contribution in [0.5, 0.6) is 0 Å². The van der Waals surface area contributed by atoms with Crippen molar-refractivity contribution < 1.29 is 22.8 Å². The second-order valence-electron chi connectivity index (χ2n) is 5.22. The summed E-state index contributed by atoms with van der Waals surface area (Å²) in [6, 6.07) is 6.09. The highest BCUT2D eigenvalue weighted by Gasteiger charge is 2.41. The first-order valence-electron chi connectivity index (χ1n) is 7.03. The van der Waals surface area contributed by atoms with Crippen LogP contribution in [0.4, 0.5) is 13.2 Å². The molecule has 23 heavy (non-hydrogen) atoms. The highest BCUT2D eigenvalue weighted by atomic mass is 19.4. The second-order valence-corrected chi connectivity index (χ2v) is 5.22. The third kappa shape index (κ3) is 4.54. The van der Waals surface area contributed by atoms with Gasteiger partial charge < -0.3 is 5.32 Å². The summed E-state index contributed by atoms with van der Waals surface area (Å²) in [4.78, 5) is 23.3. The summed E-state index contributed by atoms with van der Waals surface area (Å²) in [6.45, 7) is 0. The lowest BCUT2D eigenvalue weighted by molar-refractivity contribution is -0.159. The Morgan fingerprint density at radius 2 is 1.96 bits per heavy atom. The van der Waals surface area contributed by atoms with Crippen molar-refractivity contribution in [3.8, 4) is 0 Å². The van der Waals surface area contributed by atoms with E-state index in [-0.39, 0.29) is 30.9 Å². The maximum atomic E-state index is 13.2. The maximum absolute atomic E-state index is 13.2. The normalized spacial score (nSPS) is 16.8. The first-order valence-corrected chi connectivity index (χ1v) is 7.03. The lowest BCUT2D eigenvalue weighted by atomic mass is 10.0. The summed E-state index contributed by atoms with van der Waals surface area (Å²) in [5.41, 5.74) is 0.391. The van der Waals surface area contributed by atoms with E-state index in [0.29, 0.717) is 5.56 Å². The molecular weight excluding hydrogens is 311 g/mol. The van der Waals surface area contributed by atoms with Crippen LogP contribution in [0, 0.1) is 0 Å². The molecule has 1 atom stereocenters. The zero-order chi connectivity index (χ0) is 17.0. The number of hydrazone groups is 1. The maximum Gasteiger partial charge on any atom is 0.408 e. The molecule has 0 aliphatic carbocycles. The molecule has 0 radical (unpaired) electrons. The van der Waals surface area contributed by atoms with Crippen LogP contribution in [0.1, 0.15) is 18.4 Å². The Morgan fingerprint density at radius 1 is 1.30 bits per heavy atom.